The van der Waals surface area contributed by atoms with E-state index in [1.54, 1.807) is 0 Å². The van der Waals surface area contributed by atoms with Crippen LogP contribution in [0.3, 0.4) is 0 Å². The van der Waals surface area contributed by atoms with Crippen LogP contribution >= 0.6 is 0 Å². The van der Waals surface area contributed by atoms with Gasteiger partial charge in [0.15, 0.2) is 0 Å². The second kappa shape index (κ2) is 4.19. The van der Waals surface area contributed by atoms with Gasteiger partial charge in [-0.2, -0.15) is 0 Å². The van der Waals surface area contributed by atoms with Crippen molar-refractivity contribution in [1.82, 2.24) is 4.90 Å². The molecule has 0 bridgehead atoms. The minimum atomic E-state index is 0.142. The normalized spacial score (nSPS) is 30.6. The lowest BCUT2D eigenvalue weighted by atomic mass is 9.82. The fourth-order valence-corrected chi connectivity index (χ4v) is 2.36. The third-order valence-electron chi connectivity index (χ3n) is 2.94. The van der Waals surface area contributed by atoms with E-state index in [0.717, 1.165) is 13.1 Å². The number of aliphatic hydroxyl groups is 1. The summed E-state index contributed by atoms with van der Waals surface area (Å²) in [5.41, 5.74) is 0.511. The highest BCUT2D eigenvalue weighted by Crippen LogP contribution is 2.30. The second-order valence-electron chi connectivity index (χ2n) is 6.34. The van der Waals surface area contributed by atoms with Crippen molar-refractivity contribution < 1.29 is 5.11 Å². The monoisotopic (exact) mass is 199 g/mol. The first-order valence-corrected chi connectivity index (χ1v) is 5.68. The average molecular weight is 199 g/mol. The first kappa shape index (κ1) is 12.0. The quantitative estimate of drug-likeness (QED) is 0.736. The molecule has 2 nitrogen and oxygen atoms in total. The van der Waals surface area contributed by atoms with Crippen LogP contribution in [-0.4, -0.2) is 36.2 Å². The highest BCUT2D eigenvalue weighted by molar-refractivity contribution is 4.84. The molecule has 1 atom stereocenters. The number of rotatable bonds is 2. The van der Waals surface area contributed by atoms with Gasteiger partial charge in [0.1, 0.15) is 0 Å². The fourth-order valence-electron chi connectivity index (χ4n) is 2.36. The number of hydrogen-bond donors (Lipinski definition) is 1. The topological polar surface area (TPSA) is 23.5 Å². The summed E-state index contributed by atoms with van der Waals surface area (Å²) in [6, 6.07) is 0. The van der Waals surface area contributed by atoms with Crippen molar-refractivity contribution in [3.8, 4) is 0 Å². The molecule has 1 rings (SSSR count). The Bertz CT molecular complexity index is 185. The highest BCUT2D eigenvalue weighted by atomic mass is 16.3. The summed E-state index contributed by atoms with van der Waals surface area (Å²) in [4.78, 5) is 2.50. The molecule has 0 spiro atoms. The standard InChI is InChI=1S/C12H25NO/c1-11(2,3)8-13-7-5-6-12(4,9-13)10-14/h14H,5-10H2,1-4H3. The summed E-state index contributed by atoms with van der Waals surface area (Å²) < 4.78 is 0. The van der Waals surface area contributed by atoms with Gasteiger partial charge in [0.2, 0.25) is 0 Å². The number of likely N-dealkylation sites (tertiary alicyclic amines) is 1. The summed E-state index contributed by atoms with van der Waals surface area (Å²) >= 11 is 0. The van der Waals surface area contributed by atoms with Crippen molar-refractivity contribution in [2.45, 2.75) is 40.5 Å². The van der Waals surface area contributed by atoms with Crippen LogP contribution in [0.2, 0.25) is 0 Å². The molecular weight excluding hydrogens is 174 g/mol. The van der Waals surface area contributed by atoms with Crippen LogP contribution in [0.1, 0.15) is 40.5 Å². The fraction of sp³-hybridized carbons (Fsp3) is 1.00. The molecule has 0 aromatic heterocycles. The van der Waals surface area contributed by atoms with Crippen LogP contribution in [0.4, 0.5) is 0 Å². The average Bonchev–Trinajstić information content (AvgIpc) is 2.01. The number of aliphatic hydroxyl groups excluding tert-OH is 1. The Morgan fingerprint density at radius 1 is 1.36 bits per heavy atom. The minimum Gasteiger partial charge on any atom is -0.396 e. The van der Waals surface area contributed by atoms with Crippen LogP contribution < -0.4 is 0 Å². The molecule has 84 valence electrons. The van der Waals surface area contributed by atoms with E-state index in [4.69, 9.17) is 0 Å². The maximum Gasteiger partial charge on any atom is 0.0497 e. The molecule has 1 heterocycles. The lowest BCUT2D eigenvalue weighted by Gasteiger charge is -2.41. The van der Waals surface area contributed by atoms with E-state index in [9.17, 15) is 5.11 Å². The minimum absolute atomic E-state index is 0.142. The molecule has 0 saturated carbocycles. The predicted molar refractivity (Wildman–Crippen MR) is 60.3 cm³/mol. The number of hydrogen-bond acceptors (Lipinski definition) is 2. The van der Waals surface area contributed by atoms with Gasteiger partial charge in [-0.25, -0.2) is 0 Å². The third-order valence-corrected chi connectivity index (χ3v) is 2.94. The van der Waals surface area contributed by atoms with Crippen LogP contribution in [0.15, 0.2) is 0 Å². The zero-order valence-corrected chi connectivity index (χ0v) is 10.1. The van der Waals surface area contributed by atoms with Gasteiger partial charge in [-0.3, -0.25) is 0 Å². The maximum absolute atomic E-state index is 9.34. The highest BCUT2D eigenvalue weighted by Gasteiger charge is 2.31. The molecule has 0 aliphatic carbocycles. The Kier molecular flexibility index (Phi) is 3.59. The Balaban J connectivity index is 2.48. The van der Waals surface area contributed by atoms with Gasteiger partial charge in [-0.1, -0.05) is 27.7 Å². The van der Waals surface area contributed by atoms with Crippen molar-refractivity contribution in [3.05, 3.63) is 0 Å². The Morgan fingerprint density at radius 3 is 2.50 bits per heavy atom. The first-order valence-electron chi connectivity index (χ1n) is 5.68. The Hall–Kier alpha value is -0.0800. The van der Waals surface area contributed by atoms with E-state index in [1.807, 2.05) is 0 Å². The summed E-state index contributed by atoms with van der Waals surface area (Å²) in [5, 5.41) is 9.34. The maximum atomic E-state index is 9.34. The molecule has 1 aliphatic rings. The predicted octanol–water partition coefficient (Wildman–Crippen LogP) is 2.13. The molecule has 1 N–H and O–H groups in total. The Morgan fingerprint density at radius 2 is 2.00 bits per heavy atom. The molecule has 0 aromatic rings. The number of nitrogens with zero attached hydrogens (tertiary/aromatic N) is 1. The van der Waals surface area contributed by atoms with Crippen molar-refractivity contribution >= 4 is 0 Å². The molecular formula is C12H25NO. The van der Waals surface area contributed by atoms with Crippen LogP contribution in [-0.2, 0) is 0 Å². The van der Waals surface area contributed by atoms with E-state index in [0.29, 0.717) is 12.0 Å². The van der Waals surface area contributed by atoms with Gasteiger partial charge in [-0.15, -0.1) is 0 Å². The van der Waals surface area contributed by atoms with Gasteiger partial charge in [0.05, 0.1) is 0 Å². The molecule has 1 unspecified atom stereocenters. The van der Waals surface area contributed by atoms with Crippen LogP contribution in [0.5, 0.6) is 0 Å². The zero-order valence-electron chi connectivity index (χ0n) is 10.1. The molecule has 1 aliphatic heterocycles. The molecule has 0 aromatic carbocycles. The summed E-state index contributed by atoms with van der Waals surface area (Å²) in [6.45, 7) is 12.7. The van der Waals surface area contributed by atoms with E-state index in [2.05, 4.69) is 32.6 Å². The molecule has 2 heteroatoms. The van der Waals surface area contributed by atoms with E-state index < -0.39 is 0 Å². The molecule has 1 saturated heterocycles. The van der Waals surface area contributed by atoms with E-state index in [-0.39, 0.29) is 5.41 Å². The smallest absolute Gasteiger partial charge is 0.0497 e. The Labute approximate surface area is 88.3 Å². The summed E-state index contributed by atoms with van der Waals surface area (Å²) in [7, 11) is 0. The summed E-state index contributed by atoms with van der Waals surface area (Å²) in [6.07, 6.45) is 2.40. The van der Waals surface area contributed by atoms with Crippen molar-refractivity contribution in [3.63, 3.8) is 0 Å². The summed E-state index contributed by atoms with van der Waals surface area (Å²) in [5.74, 6) is 0. The first-order chi connectivity index (χ1) is 6.35. The molecule has 0 amide bonds. The van der Waals surface area contributed by atoms with Gasteiger partial charge < -0.3 is 10.0 Å². The van der Waals surface area contributed by atoms with Crippen molar-refractivity contribution in [2.75, 3.05) is 26.2 Å². The molecule has 0 radical (unpaired) electrons. The van der Waals surface area contributed by atoms with E-state index >= 15 is 0 Å². The van der Waals surface area contributed by atoms with Crippen LogP contribution in [0, 0.1) is 10.8 Å². The van der Waals surface area contributed by atoms with Crippen molar-refractivity contribution in [2.24, 2.45) is 10.8 Å². The SMILES string of the molecule is CC(C)(C)CN1CCCC(C)(CO)C1. The van der Waals surface area contributed by atoms with Gasteiger partial charge in [0.25, 0.3) is 0 Å². The lowest BCUT2D eigenvalue weighted by Crippen LogP contribution is -2.46. The van der Waals surface area contributed by atoms with E-state index in [1.165, 1.54) is 19.4 Å². The third kappa shape index (κ3) is 3.58. The van der Waals surface area contributed by atoms with Crippen molar-refractivity contribution in [1.29, 1.82) is 0 Å². The van der Waals surface area contributed by atoms with Gasteiger partial charge in [-0.05, 0) is 24.8 Å². The zero-order chi connectivity index (χ0) is 10.8. The van der Waals surface area contributed by atoms with Gasteiger partial charge >= 0.3 is 0 Å². The van der Waals surface area contributed by atoms with Gasteiger partial charge in [0, 0.05) is 25.1 Å². The largest absolute Gasteiger partial charge is 0.396 e. The molecule has 1 fully saturated rings. The molecule has 14 heavy (non-hydrogen) atoms. The second-order valence-corrected chi connectivity index (χ2v) is 6.34. The lowest BCUT2D eigenvalue weighted by molar-refractivity contribution is 0.0316. The van der Waals surface area contributed by atoms with Crippen LogP contribution in [0.25, 0.3) is 0 Å². The number of piperidine rings is 1.